The zero-order chi connectivity index (χ0) is 8.73. The number of fused-ring (bicyclic) bond motifs is 1. The first-order chi connectivity index (χ1) is 6.39. The Morgan fingerprint density at radius 3 is 2.62 bits per heavy atom. The summed E-state index contributed by atoms with van der Waals surface area (Å²) in [6.45, 7) is 2.37. The molecule has 0 N–H and O–H groups in total. The molecule has 3 nitrogen and oxygen atoms in total. The standard InChI is InChI=1S/C10H12N2O/c1-2-6-11-9(3-1)13-10-4-7-12(10)8-5-10/h1-3,6H,4-5,7-8H2. The van der Waals surface area contributed by atoms with Gasteiger partial charge in [-0.1, -0.05) is 6.07 Å². The van der Waals surface area contributed by atoms with Crippen molar-refractivity contribution in [2.45, 2.75) is 18.6 Å². The molecule has 0 radical (unpaired) electrons. The molecule has 13 heavy (non-hydrogen) atoms. The van der Waals surface area contributed by atoms with Crippen molar-refractivity contribution in [1.29, 1.82) is 0 Å². The van der Waals surface area contributed by atoms with Gasteiger partial charge >= 0.3 is 0 Å². The van der Waals surface area contributed by atoms with Crippen LogP contribution in [0.3, 0.4) is 0 Å². The average molecular weight is 176 g/mol. The zero-order valence-electron chi connectivity index (χ0n) is 7.44. The number of piperidine rings is 1. The summed E-state index contributed by atoms with van der Waals surface area (Å²) in [5, 5.41) is 0. The number of aromatic nitrogens is 1. The van der Waals surface area contributed by atoms with Crippen molar-refractivity contribution in [1.82, 2.24) is 9.88 Å². The molecule has 0 amide bonds. The van der Waals surface area contributed by atoms with Crippen molar-refractivity contribution in [3.63, 3.8) is 0 Å². The number of hydrogen-bond donors (Lipinski definition) is 0. The Hall–Kier alpha value is -1.09. The lowest BCUT2D eigenvalue weighted by atomic mass is 9.85. The normalized spacial score (nSPS) is 24.0. The predicted molar refractivity (Wildman–Crippen MR) is 48.4 cm³/mol. The minimum atomic E-state index is 0.0361. The topological polar surface area (TPSA) is 25.4 Å². The molecular formula is C10H12N2O. The van der Waals surface area contributed by atoms with Gasteiger partial charge in [-0.2, -0.15) is 0 Å². The van der Waals surface area contributed by atoms with E-state index in [1.54, 1.807) is 6.20 Å². The average Bonchev–Trinajstić information content (AvgIpc) is 2.17. The Labute approximate surface area is 77.3 Å². The highest BCUT2D eigenvalue weighted by atomic mass is 16.5. The third-order valence-corrected chi connectivity index (χ3v) is 3.05. The second-order valence-electron chi connectivity index (χ2n) is 3.70. The van der Waals surface area contributed by atoms with E-state index in [2.05, 4.69) is 9.88 Å². The molecule has 0 aliphatic carbocycles. The maximum absolute atomic E-state index is 5.85. The lowest BCUT2D eigenvalue weighted by molar-refractivity contribution is -0.231. The maximum Gasteiger partial charge on any atom is 0.214 e. The highest BCUT2D eigenvalue weighted by Gasteiger charge is 2.54. The van der Waals surface area contributed by atoms with E-state index in [0.717, 1.165) is 18.7 Å². The van der Waals surface area contributed by atoms with E-state index >= 15 is 0 Å². The summed E-state index contributed by atoms with van der Waals surface area (Å²) in [5.74, 6) is 0.756. The molecule has 0 spiro atoms. The monoisotopic (exact) mass is 176 g/mol. The van der Waals surface area contributed by atoms with Crippen molar-refractivity contribution in [3.05, 3.63) is 24.4 Å². The Kier molecular flexibility index (Phi) is 1.38. The predicted octanol–water partition coefficient (Wildman–Crippen LogP) is 1.27. The van der Waals surface area contributed by atoms with Gasteiger partial charge in [-0.15, -0.1) is 0 Å². The van der Waals surface area contributed by atoms with Crippen LogP contribution in [0.15, 0.2) is 24.4 Å². The van der Waals surface area contributed by atoms with Crippen LogP contribution in [0.4, 0.5) is 0 Å². The van der Waals surface area contributed by atoms with Gasteiger partial charge in [0.2, 0.25) is 5.88 Å². The van der Waals surface area contributed by atoms with E-state index < -0.39 is 0 Å². The summed E-state index contributed by atoms with van der Waals surface area (Å²) in [5.41, 5.74) is 0.0361. The second kappa shape index (κ2) is 2.45. The third kappa shape index (κ3) is 0.968. The fourth-order valence-electron chi connectivity index (χ4n) is 2.04. The van der Waals surface area contributed by atoms with Crippen LogP contribution >= 0.6 is 0 Å². The molecule has 2 aliphatic heterocycles. The number of ether oxygens (including phenoxy) is 1. The summed E-state index contributed by atoms with van der Waals surface area (Å²) in [6, 6.07) is 5.79. The van der Waals surface area contributed by atoms with Crippen molar-refractivity contribution in [2.24, 2.45) is 0 Å². The van der Waals surface area contributed by atoms with Gasteiger partial charge in [-0.25, -0.2) is 4.98 Å². The van der Waals surface area contributed by atoms with Gasteiger partial charge in [0, 0.05) is 38.2 Å². The number of hydrogen-bond acceptors (Lipinski definition) is 3. The fourth-order valence-corrected chi connectivity index (χ4v) is 2.04. The summed E-state index contributed by atoms with van der Waals surface area (Å²) in [4.78, 5) is 6.53. The quantitative estimate of drug-likeness (QED) is 0.678. The van der Waals surface area contributed by atoms with Crippen LogP contribution < -0.4 is 4.74 Å². The van der Waals surface area contributed by atoms with E-state index in [-0.39, 0.29) is 5.72 Å². The molecule has 2 aliphatic rings. The molecule has 3 heterocycles. The molecule has 0 aromatic carbocycles. The molecule has 1 aromatic rings. The van der Waals surface area contributed by atoms with Crippen molar-refractivity contribution in [2.75, 3.05) is 13.1 Å². The number of rotatable bonds is 2. The second-order valence-corrected chi connectivity index (χ2v) is 3.70. The van der Waals surface area contributed by atoms with Crippen LogP contribution in [0.25, 0.3) is 0 Å². The van der Waals surface area contributed by atoms with E-state index in [1.165, 1.54) is 13.1 Å². The highest BCUT2D eigenvalue weighted by Crippen LogP contribution is 2.43. The zero-order valence-corrected chi connectivity index (χ0v) is 7.44. The van der Waals surface area contributed by atoms with Crippen molar-refractivity contribution < 1.29 is 4.74 Å². The molecule has 3 heteroatoms. The molecule has 2 saturated heterocycles. The van der Waals surface area contributed by atoms with Crippen LogP contribution in [0.1, 0.15) is 12.8 Å². The van der Waals surface area contributed by atoms with Crippen LogP contribution in [0.5, 0.6) is 5.88 Å². The SMILES string of the molecule is c1ccc(OC23CCN2CC3)nc1. The lowest BCUT2D eigenvalue weighted by Crippen LogP contribution is -2.72. The Bertz CT molecular complexity index is 304. The van der Waals surface area contributed by atoms with Gasteiger partial charge in [-0.3, -0.25) is 4.90 Å². The fraction of sp³-hybridized carbons (Fsp3) is 0.500. The first kappa shape index (κ1) is 7.33. The summed E-state index contributed by atoms with van der Waals surface area (Å²) in [7, 11) is 0. The smallest absolute Gasteiger partial charge is 0.214 e. The minimum Gasteiger partial charge on any atom is -0.456 e. The molecule has 2 fully saturated rings. The first-order valence-corrected chi connectivity index (χ1v) is 4.74. The van der Waals surface area contributed by atoms with E-state index in [1.807, 2.05) is 18.2 Å². The number of nitrogens with zero attached hydrogens (tertiary/aromatic N) is 2. The van der Waals surface area contributed by atoms with Crippen molar-refractivity contribution in [3.8, 4) is 5.88 Å². The molecule has 68 valence electrons. The minimum absolute atomic E-state index is 0.0361. The van der Waals surface area contributed by atoms with Gasteiger partial charge in [0.1, 0.15) is 0 Å². The summed E-state index contributed by atoms with van der Waals surface area (Å²) >= 11 is 0. The van der Waals surface area contributed by atoms with Crippen LogP contribution in [-0.4, -0.2) is 28.7 Å². The Morgan fingerprint density at radius 1 is 1.31 bits per heavy atom. The van der Waals surface area contributed by atoms with Crippen LogP contribution in [-0.2, 0) is 0 Å². The van der Waals surface area contributed by atoms with Gasteiger partial charge in [0.25, 0.3) is 0 Å². The van der Waals surface area contributed by atoms with Gasteiger partial charge in [-0.05, 0) is 6.07 Å². The molecule has 1 aromatic heterocycles. The first-order valence-electron chi connectivity index (χ1n) is 4.74. The van der Waals surface area contributed by atoms with E-state index in [4.69, 9.17) is 4.74 Å². The Balaban J connectivity index is 1.76. The number of pyridine rings is 1. The van der Waals surface area contributed by atoms with Gasteiger partial charge in [0.15, 0.2) is 5.72 Å². The molecule has 0 saturated carbocycles. The molecular weight excluding hydrogens is 164 g/mol. The van der Waals surface area contributed by atoms with Crippen LogP contribution in [0, 0.1) is 0 Å². The highest BCUT2D eigenvalue weighted by molar-refractivity contribution is 5.14. The van der Waals surface area contributed by atoms with E-state index in [9.17, 15) is 0 Å². The largest absolute Gasteiger partial charge is 0.456 e. The molecule has 0 unspecified atom stereocenters. The van der Waals surface area contributed by atoms with E-state index in [0.29, 0.717) is 0 Å². The molecule has 3 rings (SSSR count). The van der Waals surface area contributed by atoms with Gasteiger partial charge in [0.05, 0.1) is 0 Å². The lowest BCUT2D eigenvalue weighted by Gasteiger charge is -2.59. The maximum atomic E-state index is 5.85. The van der Waals surface area contributed by atoms with Crippen molar-refractivity contribution >= 4 is 0 Å². The van der Waals surface area contributed by atoms with Gasteiger partial charge < -0.3 is 4.74 Å². The summed E-state index contributed by atoms with van der Waals surface area (Å²) in [6.07, 6.45) is 4.08. The molecule has 0 bridgehead atoms. The third-order valence-electron chi connectivity index (χ3n) is 3.05. The Morgan fingerprint density at radius 2 is 2.15 bits per heavy atom. The summed E-state index contributed by atoms with van der Waals surface area (Å²) < 4.78 is 5.85. The molecule has 0 atom stereocenters. The van der Waals surface area contributed by atoms with Crippen LogP contribution in [0.2, 0.25) is 0 Å².